The van der Waals surface area contributed by atoms with E-state index in [1.165, 1.54) is 17.9 Å². The molecule has 0 aliphatic heterocycles. The van der Waals surface area contributed by atoms with Gasteiger partial charge in [-0.1, -0.05) is 0 Å². The van der Waals surface area contributed by atoms with Gasteiger partial charge in [0.1, 0.15) is 12.4 Å². The van der Waals surface area contributed by atoms with Crippen LogP contribution in [-0.4, -0.2) is 22.9 Å². The summed E-state index contributed by atoms with van der Waals surface area (Å²) in [5, 5.41) is 0.258. The van der Waals surface area contributed by atoms with Crippen LogP contribution in [0.15, 0.2) is 6.20 Å². The predicted octanol–water partition coefficient (Wildman–Crippen LogP) is 0.953. The lowest BCUT2D eigenvalue weighted by Crippen LogP contribution is -2.03. The Balaban J connectivity index is 2.97. The molecule has 0 saturated carbocycles. The van der Waals surface area contributed by atoms with Crippen molar-refractivity contribution >= 4 is 17.9 Å². The van der Waals surface area contributed by atoms with Gasteiger partial charge in [0.05, 0.1) is 6.20 Å². The highest BCUT2D eigenvalue weighted by molar-refractivity contribution is 6.28. The fraction of sp³-hybridized carbons (Fsp3) is 0.333. The lowest BCUT2D eigenvalue weighted by Gasteiger charge is -2.01. The smallest absolute Gasteiger partial charge is 0.205 e. The number of aldehydes is 1. The van der Waals surface area contributed by atoms with Crippen molar-refractivity contribution in [1.82, 2.24) is 9.55 Å². The van der Waals surface area contributed by atoms with Crippen LogP contribution in [0.5, 0.6) is 0 Å². The maximum atomic E-state index is 10.3. The molecule has 0 amide bonds. The van der Waals surface area contributed by atoms with Gasteiger partial charge in [0.15, 0.2) is 6.29 Å². The van der Waals surface area contributed by atoms with E-state index in [1.54, 1.807) is 0 Å². The van der Waals surface area contributed by atoms with Crippen LogP contribution in [-0.2, 0) is 11.5 Å². The van der Waals surface area contributed by atoms with E-state index in [2.05, 4.69) is 4.98 Å². The van der Waals surface area contributed by atoms with Crippen molar-refractivity contribution in [1.29, 1.82) is 0 Å². The number of rotatable bonds is 3. The molecule has 0 spiro atoms. The minimum Gasteiger partial charge on any atom is -0.364 e. The van der Waals surface area contributed by atoms with Gasteiger partial charge >= 0.3 is 0 Å². The molecule has 0 atom stereocenters. The lowest BCUT2D eigenvalue weighted by molar-refractivity contribution is 0.107. The summed E-state index contributed by atoms with van der Waals surface area (Å²) in [5.74, 6) is 0. The maximum Gasteiger partial charge on any atom is 0.205 e. The van der Waals surface area contributed by atoms with Gasteiger partial charge in [-0.15, -0.1) is 0 Å². The van der Waals surface area contributed by atoms with E-state index in [0.29, 0.717) is 12.0 Å². The third-order valence-corrected chi connectivity index (χ3v) is 1.52. The van der Waals surface area contributed by atoms with E-state index < -0.39 is 0 Å². The van der Waals surface area contributed by atoms with E-state index >= 15 is 0 Å². The highest BCUT2D eigenvalue weighted by Gasteiger charge is 2.05. The molecule has 0 aliphatic carbocycles. The van der Waals surface area contributed by atoms with Crippen molar-refractivity contribution < 1.29 is 9.53 Å². The average Bonchev–Trinajstić information content (AvgIpc) is 2.34. The fourth-order valence-corrected chi connectivity index (χ4v) is 0.911. The van der Waals surface area contributed by atoms with Gasteiger partial charge in [0, 0.05) is 7.11 Å². The van der Waals surface area contributed by atoms with Gasteiger partial charge < -0.3 is 4.74 Å². The number of aromatic nitrogens is 2. The van der Waals surface area contributed by atoms with Gasteiger partial charge in [-0.3, -0.25) is 9.36 Å². The molecule has 5 heteroatoms. The first-order chi connectivity index (χ1) is 5.29. The molecule has 0 aromatic carbocycles. The van der Waals surface area contributed by atoms with Crippen molar-refractivity contribution in [3.05, 3.63) is 17.2 Å². The van der Waals surface area contributed by atoms with Crippen molar-refractivity contribution in [2.75, 3.05) is 7.11 Å². The van der Waals surface area contributed by atoms with E-state index in [9.17, 15) is 4.79 Å². The molecular formula is C6H7ClN2O2. The van der Waals surface area contributed by atoms with Gasteiger partial charge in [-0.05, 0) is 11.6 Å². The zero-order chi connectivity index (χ0) is 8.27. The van der Waals surface area contributed by atoms with E-state index in [-0.39, 0.29) is 12.0 Å². The van der Waals surface area contributed by atoms with Gasteiger partial charge in [-0.25, -0.2) is 4.98 Å². The molecule has 0 N–H and O–H groups in total. The topological polar surface area (TPSA) is 44.1 Å². The summed E-state index contributed by atoms with van der Waals surface area (Å²) in [6, 6.07) is 0. The van der Waals surface area contributed by atoms with Crippen molar-refractivity contribution in [2.24, 2.45) is 0 Å². The number of nitrogens with zero attached hydrogens (tertiary/aromatic N) is 2. The summed E-state index contributed by atoms with van der Waals surface area (Å²) in [6.45, 7) is 0.243. The second-order valence-corrected chi connectivity index (χ2v) is 2.25. The molecule has 0 radical (unpaired) electrons. The summed E-state index contributed by atoms with van der Waals surface area (Å²) in [4.78, 5) is 14.1. The average molecular weight is 175 g/mol. The largest absolute Gasteiger partial charge is 0.364 e. The van der Waals surface area contributed by atoms with Crippen molar-refractivity contribution in [3.8, 4) is 0 Å². The second kappa shape index (κ2) is 3.50. The predicted molar refractivity (Wildman–Crippen MR) is 39.6 cm³/mol. The SMILES string of the molecule is COCn1c(C=O)cnc1Cl. The quantitative estimate of drug-likeness (QED) is 0.641. The van der Waals surface area contributed by atoms with Crippen LogP contribution < -0.4 is 0 Å². The summed E-state index contributed by atoms with van der Waals surface area (Å²) >= 11 is 5.62. The summed E-state index contributed by atoms with van der Waals surface area (Å²) in [7, 11) is 1.52. The van der Waals surface area contributed by atoms with E-state index in [4.69, 9.17) is 16.3 Å². The molecule has 0 bridgehead atoms. The number of halogens is 1. The third-order valence-electron chi connectivity index (χ3n) is 1.22. The molecule has 1 heterocycles. The number of hydrogen-bond donors (Lipinski definition) is 0. The Kier molecular flexibility index (Phi) is 2.62. The molecule has 1 aromatic rings. The minimum atomic E-state index is 0.243. The zero-order valence-electron chi connectivity index (χ0n) is 5.95. The van der Waals surface area contributed by atoms with Crippen LogP contribution in [0.2, 0.25) is 5.28 Å². The Bertz CT molecular complexity index is 259. The molecule has 60 valence electrons. The number of carbonyl (C=O) groups excluding carboxylic acids is 1. The van der Waals surface area contributed by atoms with Crippen LogP contribution in [0.3, 0.4) is 0 Å². The Morgan fingerprint density at radius 1 is 1.91 bits per heavy atom. The summed E-state index contributed by atoms with van der Waals surface area (Å²) in [6.07, 6.45) is 2.08. The van der Waals surface area contributed by atoms with Gasteiger partial charge in [-0.2, -0.15) is 0 Å². The lowest BCUT2D eigenvalue weighted by atomic mass is 10.5. The highest BCUT2D eigenvalue weighted by atomic mass is 35.5. The zero-order valence-corrected chi connectivity index (χ0v) is 6.71. The molecule has 1 rings (SSSR count). The number of ether oxygens (including phenoxy) is 1. The molecule has 0 unspecified atom stereocenters. The standard InChI is InChI=1S/C6H7ClN2O2/c1-11-4-9-5(3-10)2-8-6(9)7/h2-3H,4H2,1H3. The molecule has 11 heavy (non-hydrogen) atoms. The van der Waals surface area contributed by atoms with Crippen LogP contribution in [0.25, 0.3) is 0 Å². The number of hydrogen-bond acceptors (Lipinski definition) is 3. The highest BCUT2D eigenvalue weighted by Crippen LogP contribution is 2.08. The van der Waals surface area contributed by atoms with E-state index in [0.717, 1.165) is 0 Å². The monoisotopic (exact) mass is 174 g/mol. The summed E-state index contributed by atoms with van der Waals surface area (Å²) in [5.41, 5.74) is 0.414. The molecule has 1 aromatic heterocycles. The Morgan fingerprint density at radius 3 is 3.18 bits per heavy atom. The second-order valence-electron chi connectivity index (χ2n) is 1.92. The molecule has 4 nitrogen and oxygen atoms in total. The number of methoxy groups -OCH3 is 1. The van der Waals surface area contributed by atoms with E-state index in [1.807, 2.05) is 0 Å². The normalized spacial score (nSPS) is 10.0. The molecule has 0 saturated heterocycles. The maximum absolute atomic E-state index is 10.3. The van der Waals surface area contributed by atoms with Crippen LogP contribution in [0, 0.1) is 0 Å². The third kappa shape index (κ3) is 1.58. The fourth-order valence-electron chi connectivity index (χ4n) is 0.716. The number of imidazole rings is 1. The first kappa shape index (κ1) is 8.23. The minimum absolute atomic E-state index is 0.243. The van der Waals surface area contributed by atoms with Gasteiger partial charge in [0.2, 0.25) is 5.28 Å². The summed E-state index contributed by atoms with van der Waals surface area (Å²) < 4.78 is 6.26. The van der Waals surface area contributed by atoms with Crippen molar-refractivity contribution in [3.63, 3.8) is 0 Å². The van der Waals surface area contributed by atoms with Crippen LogP contribution in [0.4, 0.5) is 0 Å². The van der Waals surface area contributed by atoms with Crippen molar-refractivity contribution in [2.45, 2.75) is 6.73 Å². The first-order valence-electron chi connectivity index (χ1n) is 2.94. The molecule has 0 fully saturated rings. The Morgan fingerprint density at radius 2 is 2.64 bits per heavy atom. The van der Waals surface area contributed by atoms with Crippen LogP contribution in [0.1, 0.15) is 10.5 Å². The first-order valence-corrected chi connectivity index (χ1v) is 3.32. The Labute approximate surface area is 68.7 Å². The Hall–Kier alpha value is -0.870. The molecule has 0 aliphatic rings. The molecular weight excluding hydrogens is 168 g/mol. The number of carbonyl (C=O) groups is 1. The van der Waals surface area contributed by atoms with Gasteiger partial charge in [0.25, 0.3) is 0 Å². The van der Waals surface area contributed by atoms with Crippen LogP contribution >= 0.6 is 11.6 Å².